The number of anilines is 1. The van der Waals surface area contributed by atoms with Crippen molar-refractivity contribution in [2.24, 2.45) is 5.92 Å². The quantitative estimate of drug-likeness (QED) is 0.743. The highest BCUT2D eigenvalue weighted by atomic mass is 32.2. The second-order valence-electron chi connectivity index (χ2n) is 5.50. The molecule has 1 aliphatic heterocycles. The Morgan fingerprint density at radius 1 is 1.41 bits per heavy atom. The summed E-state index contributed by atoms with van der Waals surface area (Å²) in [4.78, 5) is 24.9. The number of thioether (sulfide) groups is 1. The molecule has 1 aromatic carbocycles. The third kappa shape index (κ3) is 3.34. The molecule has 0 radical (unpaired) electrons. The van der Waals surface area contributed by atoms with E-state index in [2.05, 4.69) is 10.6 Å². The van der Waals surface area contributed by atoms with Gasteiger partial charge in [-0.2, -0.15) is 0 Å². The number of rotatable bonds is 3. The summed E-state index contributed by atoms with van der Waals surface area (Å²) in [6, 6.07) is 5.33. The zero-order valence-corrected chi connectivity index (χ0v) is 12.9. The summed E-state index contributed by atoms with van der Waals surface area (Å²) in [7, 11) is 0. The first-order valence-electron chi connectivity index (χ1n) is 7.32. The summed E-state index contributed by atoms with van der Waals surface area (Å²) >= 11 is 1.62. The number of benzene rings is 1. The Bertz CT molecular complexity index is 630. The van der Waals surface area contributed by atoms with Gasteiger partial charge in [0.25, 0.3) is 5.91 Å². The van der Waals surface area contributed by atoms with Crippen LogP contribution in [0, 0.1) is 5.92 Å². The average molecular weight is 318 g/mol. The fourth-order valence-corrected chi connectivity index (χ4v) is 3.57. The molecule has 0 fully saturated rings. The Kier molecular flexibility index (Phi) is 4.49. The van der Waals surface area contributed by atoms with Crippen LogP contribution in [-0.4, -0.2) is 35.3 Å². The summed E-state index contributed by atoms with van der Waals surface area (Å²) < 4.78 is 0. The standard InChI is InChI=1S/C16H18N2O3S/c19-9-10-1-3-12(7-10)17-16(21)11-2-4-14-13(8-11)18-15(20)5-6-22-14/h1-4,8,10,12,19H,5-7,9H2,(H,17,21)(H,18,20)/t10-,12+/m0/s1. The first kappa shape index (κ1) is 15.1. The maximum Gasteiger partial charge on any atom is 0.251 e. The lowest BCUT2D eigenvalue weighted by molar-refractivity contribution is -0.115. The van der Waals surface area contributed by atoms with E-state index in [-0.39, 0.29) is 30.4 Å². The van der Waals surface area contributed by atoms with E-state index in [1.807, 2.05) is 18.2 Å². The highest BCUT2D eigenvalue weighted by Gasteiger charge is 2.21. The molecule has 5 nitrogen and oxygen atoms in total. The molecule has 2 atom stereocenters. The summed E-state index contributed by atoms with van der Waals surface area (Å²) in [5, 5.41) is 14.9. The predicted octanol–water partition coefficient (Wildman–Crippen LogP) is 1.79. The third-order valence-electron chi connectivity index (χ3n) is 3.83. The number of nitrogens with one attached hydrogen (secondary N) is 2. The first-order chi connectivity index (χ1) is 10.7. The van der Waals surface area contributed by atoms with Crippen LogP contribution < -0.4 is 10.6 Å². The Morgan fingerprint density at radius 2 is 2.27 bits per heavy atom. The van der Waals surface area contributed by atoms with Crippen LogP contribution in [0.3, 0.4) is 0 Å². The minimum Gasteiger partial charge on any atom is -0.396 e. The summed E-state index contributed by atoms with van der Waals surface area (Å²) in [6.07, 6.45) is 5.05. The first-order valence-corrected chi connectivity index (χ1v) is 8.31. The fourth-order valence-electron chi connectivity index (χ4n) is 2.63. The van der Waals surface area contributed by atoms with Crippen molar-refractivity contribution in [2.75, 3.05) is 17.7 Å². The Labute approximate surface area is 133 Å². The second-order valence-corrected chi connectivity index (χ2v) is 6.64. The van der Waals surface area contributed by atoms with Gasteiger partial charge in [-0.3, -0.25) is 9.59 Å². The van der Waals surface area contributed by atoms with Crippen molar-refractivity contribution in [3.63, 3.8) is 0 Å². The molecule has 3 N–H and O–H groups in total. The molecule has 22 heavy (non-hydrogen) atoms. The lowest BCUT2D eigenvalue weighted by Gasteiger charge is -2.14. The van der Waals surface area contributed by atoms with Crippen molar-refractivity contribution < 1.29 is 14.7 Å². The molecule has 2 aliphatic rings. The number of hydrogen-bond acceptors (Lipinski definition) is 4. The molecule has 0 bridgehead atoms. The van der Waals surface area contributed by atoms with Crippen molar-refractivity contribution >= 4 is 29.3 Å². The number of aliphatic hydroxyl groups excluding tert-OH is 1. The Balaban J connectivity index is 1.71. The molecule has 2 amide bonds. The van der Waals surface area contributed by atoms with Crippen LogP contribution in [-0.2, 0) is 4.79 Å². The van der Waals surface area contributed by atoms with Crippen LogP contribution in [0.5, 0.6) is 0 Å². The van der Waals surface area contributed by atoms with E-state index in [1.54, 1.807) is 23.9 Å². The van der Waals surface area contributed by atoms with Gasteiger partial charge in [-0.05, 0) is 24.6 Å². The number of carbonyl (C=O) groups is 2. The van der Waals surface area contributed by atoms with E-state index in [0.717, 1.165) is 17.1 Å². The van der Waals surface area contributed by atoms with Crippen molar-refractivity contribution in [3.05, 3.63) is 35.9 Å². The van der Waals surface area contributed by atoms with Crippen molar-refractivity contribution in [1.82, 2.24) is 5.32 Å². The zero-order chi connectivity index (χ0) is 15.5. The molecule has 0 saturated carbocycles. The average Bonchev–Trinajstić information content (AvgIpc) is 2.87. The minimum absolute atomic E-state index is 0.0201. The molecular formula is C16H18N2O3S. The van der Waals surface area contributed by atoms with Crippen LogP contribution in [0.1, 0.15) is 23.2 Å². The molecule has 1 aromatic rings. The lowest BCUT2D eigenvalue weighted by atomic mass is 10.1. The molecule has 6 heteroatoms. The van der Waals surface area contributed by atoms with Crippen LogP contribution in [0.4, 0.5) is 5.69 Å². The summed E-state index contributed by atoms with van der Waals surface area (Å²) in [5.41, 5.74) is 1.23. The number of aliphatic hydroxyl groups is 1. The predicted molar refractivity (Wildman–Crippen MR) is 86.0 cm³/mol. The lowest BCUT2D eigenvalue weighted by Crippen LogP contribution is -2.33. The topological polar surface area (TPSA) is 78.4 Å². The second kappa shape index (κ2) is 6.54. The van der Waals surface area contributed by atoms with Crippen molar-refractivity contribution in [2.45, 2.75) is 23.8 Å². The van der Waals surface area contributed by atoms with E-state index >= 15 is 0 Å². The van der Waals surface area contributed by atoms with Crippen LogP contribution in [0.15, 0.2) is 35.2 Å². The maximum atomic E-state index is 12.3. The molecule has 0 saturated heterocycles. The smallest absolute Gasteiger partial charge is 0.251 e. The van der Waals surface area contributed by atoms with E-state index in [0.29, 0.717) is 17.7 Å². The number of carbonyl (C=O) groups excluding carboxylic acids is 2. The monoisotopic (exact) mass is 318 g/mol. The Hall–Kier alpha value is -1.79. The summed E-state index contributed by atoms with van der Waals surface area (Å²) in [6.45, 7) is 0.102. The van der Waals surface area contributed by atoms with Gasteiger partial charge in [0.1, 0.15) is 0 Å². The van der Waals surface area contributed by atoms with E-state index < -0.39 is 0 Å². The fraction of sp³-hybridized carbons (Fsp3) is 0.375. The zero-order valence-electron chi connectivity index (χ0n) is 12.0. The third-order valence-corrected chi connectivity index (χ3v) is 4.90. The van der Waals surface area contributed by atoms with Gasteiger partial charge in [0.15, 0.2) is 0 Å². The van der Waals surface area contributed by atoms with Crippen molar-refractivity contribution in [3.8, 4) is 0 Å². The van der Waals surface area contributed by atoms with Gasteiger partial charge in [-0.15, -0.1) is 11.8 Å². The van der Waals surface area contributed by atoms with Crippen LogP contribution >= 0.6 is 11.8 Å². The highest BCUT2D eigenvalue weighted by Crippen LogP contribution is 2.31. The summed E-state index contributed by atoms with van der Waals surface area (Å²) in [5.74, 6) is 0.681. The van der Waals surface area contributed by atoms with Gasteiger partial charge in [0, 0.05) is 41.2 Å². The van der Waals surface area contributed by atoms with Crippen LogP contribution in [0.25, 0.3) is 0 Å². The number of amides is 2. The largest absolute Gasteiger partial charge is 0.396 e. The van der Waals surface area contributed by atoms with Gasteiger partial charge in [-0.25, -0.2) is 0 Å². The van der Waals surface area contributed by atoms with Gasteiger partial charge < -0.3 is 15.7 Å². The van der Waals surface area contributed by atoms with Crippen LogP contribution in [0.2, 0.25) is 0 Å². The molecule has 116 valence electrons. The molecular weight excluding hydrogens is 300 g/mol. The van der Waals surface area contributed by atoms with Gasteiger partial charge in [-0.1, -0.05) is 12.2 Å². The SMILES string of the molecule is O=C1CCSc2ccc(C(=O)N[C@@H]3C=C[C@H](CO)C3)cc2N1. The number of fused-ring (bicyclic) bond motifs is 1. The van der Waals surface area contributed by atoms with E-state index in [4.69, 9.17) is 5.11 Å². The van der Waals surface area contributed by atoms with Gasteiger partial charge in [0.05, 0.1) is 5.69 Å². The normalized spacial score (nSPS) is 23.6. The molecule has 0 spiro atoms. The highest BCUT2D eigenvalue weighted by molar-refractivity contribution is 7.99. The number of hydrogen-bond donors (Lipinski definition) is 3. The molecule has 1 heterocycles. The van der Waals surface area contributed by atoms with Gasteiger partial charge >= 0.3 is 0 Å². The molecule has 3 rings (SSSR count). The van der Waals surface area contributed by atoms with E-state index in [9.17, 15) is 9.59 Å². The molecule has 0 unspecified atom stereocenters. The minimum atomic E-state index is -0.167. The molecule has 1 aliphatic carbocycles. The van der Waals surface area contributed by atoms with Gasteiger partial charge in [0.2, 0.25) is 5.91 Å². The van der Waals surface area contributed by atoms with Crippen molar-refractivity contribution in [1.29, 1.82) is 0 Å². The molecule has 0 aromatic heterocycles. The maximum absolute atomic E-state index is 12.3. The Morgan fingerprint density at radius 3 is 3.05 bits per heavy atom. The van der Waals surface area contributed by atoms with E-state index in [1.165, 1.54) is 0 Å².